The summed E-state index contributed by atoms with van der Waals surface area (Å²) in [5.74, 6) is 1.40. The Kier molecular flexibility index (Phi) is 7.09. The summed E-state index contributed by atoms with van der Waals surface area (Å²) in [6.07, 6.45) is 2.30. The number of alkyl halides is 3. The number of Topliss-reactive ketones (excluding diaryl/α,β-unsaturated/α-hetero) is 1. The molecule has 4 heterocycles. The molecule has 2 aliphatic heterocycles. The van der Waals surface area contributed by atoms with Crippen molar-refractivity contribution in [1.82, 2.24) is 20.1 Å². The Hall–Kier alpha value is -2.98. The maximum atomic E-state index is 13.2. The molecule has 39 heavy (non-hydrogen) atoms. The van der Waals surface area contributed by atoms with Gasteiger partial charge in [-0.25, -0.2) is 0 Å². The number of nitrogens with zero attached hydrogens (tertiary/aromatic N) is 3. The van der Waals surface area contributed by atoms with Crippen LogP contribution >= 0.6 is 0 Å². The van der Waals surface area contributed by atoms with Crippen LogP contribution in [-0.2, 0) is 22.1 Å². The zero-order valence-corrected chi connectivity index (χ0v) is 22.1. The number of H-pyrrole nitrogens is 1. The lowest BCUT2D eigenvalue weighted by molar-refractivity contribution is -0.137. The van der Waals surface area contributed by atoms with Crippen molar-refractivity contribution in [2.24, 2.45) is 11.8 Å². The molecule has 0 saturated carbocycles. The highest BCUT2D eigenvalue weighted by Gasteiger charge is 2.40. The highest BCUT2D eigenvalue weighted by molar-refractivity contribution is 5.92. The fraction of sp³-hybridized carbons (Fsp3) is 0.552. The standard InChI is InChI=1S/C29H34F3N5O2/c1-17-8-18-2-3-19(26(18)13-33-17)9-20-14-37(23-6-7-39-16-23)15-21(20)10-24(38)12-34-28-25-11-22(29(30,31)32)4-5-27(25)35-36-28/h4-5,8,11,13,19-21,23H,2-3,6-7,9-10,12,14-16H2,1H3,(H2,34,35,36)/t19?,20-,21?,23?/m0/s1. The van der Waals surface area contributed by atoms with Gasteiger partial charge in [0.1, 0.15) is 0 Å². The maximum Gasteiger partial charge on any atom is 0.416 e. The van der Waals surface area contributed by atoms with E-state index in [2.05, 4.69) is 31.5 Å². The number of rotatable bonds is 8. The van der Waals surface area contributed by atoms with Crippen molar-refractivity contribution in [3.63, 3.8) is 0 Å². The zero-order chi connectivity index (χ0) is 27.1. The Morgan fingerprint density at radius 1 is 1.21 bits per heavy atom. The van der Waals surface area contributed by atoms with Crippen molar-refractivity contribution in [3.05, 3.63) is 52.8 Å². The molecule has 3 aliphatic rings. The fourth-order valence-electron chi connectivity index (χ4n) is 6.76. The molecule has 0 spiro atoms. The van der Waals surface area contributed by atoms with E-state index in [0.717, 1.165) is 69.8 Å². The number of aryl methyl sites for hydroxylation is 2. The Morgan fingerprint density at radius 2 is 2.05 bits per heavy atom. The van der Waals surface area contributed by atoms with Gasteiger partial charge in [0.15, 0.2) is 11.6 Å². The van der Waals surface area contributed by atoms with Gasteiger partial charge in [-0.05, 0) is 85.8 Å². The first kappa shape index (κ1) is 26.3. The quantitative estimate of drug-likeness (QED) is 0.412. The van der Waals surface area contributed by atoms with Gasteiger partial charge in [-0.1, -0.05) is 0 Å². The summed E-state index contributed by atoms with van der Waals surface area (Å²) in [5.41, 5.74) is 3.57. The van der Waals surface area contributed by atoms with Crippen LogP contribution in [0.1, 0.15) is 54.0 Å². The number of aromatic amines is 1. The molecule has 2 saturated heterocycles. The SMILES string of the molecule is Cc1cc2c(cn1)C(C[C@H]1CN(C3CCOC3)CC1CC(=O)CNc1n[nH]c3ccc(C(F)(F)F)cc13)CC2. The molecule has 10 heteroatoms. The summed E-state index contributed by atoms with van der Waals surface area (Å²) < 4.78 is 45.3. The van der Waals surface area contributed by atoms with Gasteiger partial charge in [0.05, 0.1) is 24.2 Å². The maximum absolute atomic E-state index is 13.2. The predicted octanol–water partition coefficient (Wildman–Crippen LogP) is 5.11. The van der Waals surface area contributed by atoms with E-state index in [1.54, 1.807) is 0 Å². The van der Waals surface area contributed by atoms with Crippen molar-refractivity contribution in [3.8, 4) is 0 Å². The lowest BCUT2D eigenvalue weighted by atomic mass is 9.82. The number of anilines is 1. The summed E-state index contributed by atoms with van der Waals surface area (Å²) in [6.45, 7) is 5.43. The Labute approximate surface area is 225 Å². The van der Waals surface area contributed by atoms with E-state index in [1.807, 2.05) is 13.1 Å². The number of carbonyl (C=O) groups is 1. The molecular weight excluding hydrogens is 507 g/mol. The van der Waals surface area contributed by atoms with Crippen LogP contribution in [0.2, 0.25) is 0 Å². The number of aromatic nitrogens is 3. The number of nitrogens with one attached hydrogen (secondary N) is 2. The highest BCUT2D eigenvalue weighted by atomic mass is 19.4. The minimum atomic E-state index is -4.44. The number of benzene rings is 1. The van der Waals surface area contributed by atoms with E-state index in [0.29, 0.717) is 35.2 Å². The molecule has 6 rings (SSSR count). The molecule has 0 amide bonds. The highest BCUT2D eigenvalue weighted by Crippen LogP contribution is 2.42. The number of likely N-dealkylation sites (tertiary alicyclic amines) is 1. The molecule has 2 N–H and O–H groups in total. The number of pyridine rings is 1. The Bertz CT molecular complexity index is 1350. The molecule has 2 fully saturated rings. The minimum Gasteiger partial charge on any atom is -0.380 e. The first-order valence-corrected chi connectivity index (χ1v) is 13.8. The molecule has 1 aliphatic carbocycles. The van der Waals surface area contributed by atoms with Crippen LogP contribution in [0.3, 0.4) is 0 Å². The third-order valence-electron chi connectivity index (χ3n) is 8.81. The average Bonchev–Trinajstić information content (AvgIpc) is 3.69. The lowest BCUT2D eigenvalue weighted by Crippen LogP contribution is -2.34. The summed E-state index contributed by atoms with van der Waals surface area (Å²) >= 11 is 0. The van der Waals surface area contributed by atoms with Crippen molar-refractivity contribution in [2.45, 2.75) is 57.2 Å². The average molecular weight is 542 g/mol. The van der Waals surface area contributed by atoms with Gasteiger partial charge in [0.25, 0.3) is 0 Å². The van der Waals surface area contributed by atoms with Crippen molar-refractivity contribution in [2.75, 3.05) is 38.2 Å². The molecule has 1 aromatic carbocycles. The van der Waals surface area contributed by atoms with Gasteiger partial charge < -0.3 is 10.1 Å². The van der Waals surface area contributed by atoms with Crippen LogP contribution in [0.5, 0.6) is 0 Å². The predicted molar refractivity (Wildman–Crippen MR) is 142 cm³/mol. The summed E-state index contributed by atoms with van der Waals surface area (Å²) in [7, 11) is 0. The van der Waals surface area contributed by atoms with Crippen LogP contribution in [0.25, 0.3) is 10.9 Å². The molecule has 208 valence electrons. The van der Waals surface area contributed by atoms with Gasteiger partial charge >= 0.3 is 6.18 Å². The topological polar surface area (TPSA) is 83.1 Å². The molecular formula is C29H34F3N5O2. The Balaban J connectivity index is 1.13. The molecule has 0 radical (unpaired) electrons. The number of carbonyl (C=O) groups excluding carboxylic acids is 1. The largest absolute Gasteiger partial charge is 0.416 e. The second-order valence-corrected chi connectivity index (χ2v) is 11.4. The summed E-state index contributed by atoms with van der Waals surface area (Å²) in [6, 6.07) is 6.06. The number of hydrogen-bond donors (Lipinski definition) is 2. The van der Waals surface area contributed by atoms with Crippen molar-refractivity contribution < 1.29 is 22.7 Å². The molecule has 3 unspecified atom stereocenters. The smallest absolute Gasteiger partial charge is 0.380 e. The van der Waals surface area contributed by atoms with Crippen LogP contribution in [0, 0.1) is 18.8 Å². The second kappa shape index (κ2) is 10.5. The van der Waals surface area contributed by atoms with Gasteiger partial charge in [-0.2, -0.15) is 18.3 Å². The minimum absolute atomic E-state index is 0.0292. The van der Waals surface area contributed by atoms with E-state index < -0.39 is 11.7 Å². The number of fused-ring (bicyclic) bond motifs is 2. The van der Waals surface area contributed by atoms with Crippen LogP contribution < -0.4 is 5.32 Å². The van der Waals surface area contributed by atoms with Gasteiger partial charge in [-0.3, -0.25) is 19.8 Å². The molecule has 4 atom stereocenters. The number of halogens is 3. The number of ether oxygens (including phenoxy) is 1. The monoisotopic (exact) mass is 541 g/mol. The lowest BCUT2D eigenvalue weighted by Gasteiger charge is -2.23. The third-order valence-corrected chi connectivity index (χ3v) is 8.81. The van der Waals surface area contributed by atoms with Gasteiger partial charge in [0.2, 0.25) is 0 Å². The van der Waals surface area contributed by atoms with Crippen LogP contribution in [0.4, 0.5) is 19.0 Å². The van der Waals surface area contributed by atoms with E-state index in [1.165, 1.54) is 17.2 Å². The molecule has 3 aromatic rings. The van der Waals surface area contributed by atoms with Crippen LogP contribution in [0.15, 0.2) is 30.5 Å². The van der Waals surface area contributed by atoms with E-state index >= 15 is 0 Å². The van der Waals surface area contributed by atoms with Crippen molar-refractivity contribution >= 4 is 22.5 Å². The summed E-state index contributed by atoms with van der Waals surface area (Å²) in [5, 5.41) is 10.2. The van der Waals surface area contributed by atoms with Crippen molar-refractivity contribution in [1.29, 1.82) is 0 Å². The van der Waals surface area contributed by atoms with Gasteiger partial charge in [-0.15, -0.1) is 0 Å². The fourth-order valence-corrected chi connectivity index (χ4v) is 6.76. The molecule has 2 aromatic heterocycles. The first-order valence-electron chi connectivity index (χ1n) is 13.8. The first-order chi connectivity index (χ1) is 18.7. The Morgan fingerprint density at radius 3 is 2.85 bits per heavy atom. The van der Waals surface area contributed by atoms with E-state index in [9.17, 15) is 18.0 Å². The number of ketones is 1. The summed E-state index contributed by atoms with van der Waals surface area (Å²) in [4.78, 5) is 20.2. The van der Waals surface area contributed by atoms with Crippen LogP contribution in [-0.4, -0.2) is 64.8 Å². The van der Waals surface area contributed by atoms with E-state index in [-0.39, 0.29) is 24.1 Å². The second-order valence-electron chi connectivity index (χ2n) is 11.4. The van der Waals surface area contributed by atoms with Gasteiger partial charge in [0, 0.05) is 49.4 Å². The normalized spacial score (nSPS) is 25.4. The zero-order valence-electron chi connectivity index (χ0n) is 22.1. The molecule has 7 nitrogen and oxygen atoms in total. The molecule has 0 bridgehead atoms. The third kappa shape index (κ3) is 5.54. The number of hydrogen-bond acceptors (Lipinski definition) is 6. The van der Waals surface area contributed by atoms with E-state index in [4.69, 9.17) is 4.74 Å².